The first-order valence-electron chi connectivity index (χ1n) is 5.99. The predicted molar refractivity (Wildman–Crippen MR) is 80.8 cm³/mol. The molecule has 1 aliphatic heterocycles. The third-order valence-corrected chi connectivity index (χ3v) is 4.86. The van der Waals surface area contributed by atoms with Crippen LogP contribution in [0.3, 0.4) is 0 Å². The van der Waals surface area contributed by atoms with Gasteiger partial charge in [0.05, 0.1) is 14.2 Å². The van der Waals surface area contributed by atoms with Crippen LogP contribution in [0.15, 0.2) is 34.1 Å². The van der Waals surface area contributed by atoms with E-state index in [2.05, 4.69) is 15.9 Å². The van der Waals surface area contributed by atoms with Crippen molar-refractivity contribution in [1.29, 1.82) is 0 Å². The van der Waals surface area contributed by atoms with Gasteiger partial charge in [0.25, 0.3) is 5.91 Å². The molecule has 1 aliphatic rings. The number of carbonyl (C=O) groups excluding carboxylic acids is 1. The van der Waals surface area contributed by atoms with E-state index in [9.17, 15) is 9.59 Å². The molecule has 1 amide bonds. The lowest BCUT2D eigenvalue weighted by atomic mass is 10.1. The molecule has 0 spiro atoms. The number of amides is 1. The van der Waals surface area contributed by atoms with Crippen LogP contribution in [0.25, 0.3) is 0 Å². The first-order chi connectivity index (χ1) is 9.56. The smallest absolute Gasteiger partial charge is 0.335 e. The summed E-state index contributed by atoms with van der Waals surface area (Å²) in [4.78, 5) is 25.8. The number of hydrogen-bond donors (Lipinski definition) is 1. The molecule has 0 saturated carbocycles. The maximum Gasteiger partial charge on any atom is 0.335 e. The molecule has 1 aromatic heterocycles. The van der Waals surface area contributed by atoms with Gasteiger partial charge in [-0.3, -0.25) is 4.79 Å². The van der Waals surface area contributed by atoms with E-state index in [1.807, 2.05) is 6.07 Å². The number of carboxylic acids is 1. The van der Waals surface area contributed by atoms with E-state index in [0.29, 0.717) is 17.8 Å². The van der Waals surface area contributed by atoms with Gasteiger partial charge in [0.1, 0.15) is 0 Å². The molecule has 102 valence electrons. The fourth-order valence-corrected chi connectivity index (χ4v) is 3.64. The number of halogens is 1. The monoisotopic (exact) mass is 351 g/mol. The Bertz CT molecular complexity index is 710. The summed E-state index contributed by atoms with van der Waals surface area (Å²) >= 11 is 4.75. The minimum atomic E-state index is -0.945. The Morgan fingerprint density at radius 1 is 1.25 bits per heavy atom. The van der Waals surface area contributed by atoms with E-state index >= 15 is 0 Å². The van der Waals surface area contributed by atoms with Crippen LogP contribution in [0.5, 0.6) is 0 Å². The zero-order valence-electron chi connectivity index (χ0n) is 10.3. The molecular formula is C14H10BrNO3S. The number of anilines is 1. The first-order valence-corrected chi connectivity index (χ1v) is 7.60. The van der Waals surface area contributed by atoms with Crippen LogP contribution in [0, 0.1) is 0 Å². The lowest BCUT2D eigenvalue weighted by Crippen LogP contribution is -2.28. The van der Waals surface area contributed by atoms with Gasteiger partial charge in [-0.1, -0.05) is 0 Å². The van der Waals surface area contributed by atoms with Gasteiger partial charge in [-0.15, -0.1) is 11.3 Å². The summed E-state index contributed by atoms with van der Waals surface area (Å²) in [5.74, 6) is -0.984. The summed E-state index contributed by atoms with van der Waals surface area (Å²) in [6.45, 7) is 0.590. The Hall–Kier alpha value is -1.66. The van der Waals surface area contributed by atoms with Gasteiger partial charge in [-0.25, -0.2) is 4.79 Å². The van der Waals surface area contributed by atoms with Crippen molar-refractivity contribution in [2.75, 3.05) is 11.4 Å². The van der Waals surface area contributed by atoms with Gasteiger partial charge >= 0.3 is 5.97 Å². The lowest BCUT2D eigenvalue weighted by Gasteiger charge is -2.16. The molecule has 1 N–H and O–H groups in total. The van der Waals surface area contributed by atoms with Crippen LogP contribution in [-0.4, -0.2) is 23.5 Å². The molecule has 0 fully saturated rings. The quantitative estimate of drug-likeness (QED) is 0.901. The van der Waals surface area contributed by atoms with Crippen LogP contribution in [0.2, 0.25) is 0 Å². The number of carboxylic acid groups (broad SMARTS) is 1. The van der Waals surface area contributed by atoms with Crippen molar-refractivity contribution in [2.45, 2.75) is 6.42 Å². The molecule has 0 saturated heterocycles. The molecule has 2 heterocycles. The molecule has 0 bridgehead atoms. The number of aromatic carboxylic acids is 1. The van der Waals surface area contributed by atoms with Crippen molar-refractivity contribution < 1.29 is 14.7 Å². The van der Waals surface area contributed by atoms with E-state index in [1.165, 1.54) is 17.4 Å². The Morgan fingerprint density at radius 2 is 2.05 bits per heavy atom. The molecule has 2 aromatic rings. The Balaban J connectivity index is 1.93. The Morgan fingerprint density at radius 3 is 2.70 bits per heavy atom. The number of hydrogen-bond acceptors (Lipinski definition) is 3. The zero-order chi connectivity index (χ0) is 14.3. The van der Waals surface area contributed by atoms with E-state index in [-0.39, 0.29) is 11.5 Å². The SMILES string of the molecule is O=C(O)c1ccc2c(c1)CCN2C(=O)c1ccc(Br)s1. The molecule has 0 unspecified atom stereocenters. The van der Waals surface area contributed by atoms with Gasteiger partial charge < -0.3 is 10.0 Å². The molecule has 0 radical (unpaired) electrons. The van der Waals surface area contributed by atoms with Crippen molar-refractivity contribution in [3.05, 3.63) is 50.1 Å². The van der Waals surface area contributed by atoms with Gasteiger partial charge in [-0.2, -0.15) is 0 Å². The number of benzene rings is 1. The summed E-state index contributed by atoms with van der Waals surface area (Å²) in [5.41, 5.74) is 1.98. The average molecular weight is 352 g/mol. The van der Waals surface area contributed by atoms with E-state index in [4.69, 9.17) is 5.11 Å². The minimum absolute atomic E-state index is 0.0393. The minimum Gasteiger partial charge on any atom is -0.478 e. The summed E-state index contributed by atoms with van der Waals surface area (Å²) in [6, 6.07) is 8.54. The summed E-state index contributed by atoms with van der Waals surface area (Å²) in [5, 5.41) is 8.99. The molecule has 4 nitrogen and oxygen atoms in total. The van der Waals surface area contributed by atoms with Crippen LogP contribution >= 0.6 is 27.3 Å². The summed E-state index contributed by atoms with van der Waals surface area (Å²) in [7, 11) is 0. The lowest BCUT2D eigenvalue weighted by molar-refractivity contribution is 0.0696. The molecule has 3 rings (SSSR count). The van der Waals surface area contributed by atoms with Crippen molar-refractivity contribution >= 4 is 44.8 Å². The third-order valence-electron chi connectivity index (χ3n) is 3.25. The highest BCUT2D eigenvalue weighted by Gasteiger charge is 2.27. The number of nitrogens with zero attached hydrogens (tertiary/aromatic N) is 1. The summed E-state index contributed by atoms with van der Waals surface area (Å²) in [6.07, 6.45) is 0.689. The number of thiophene rings is 1. The Kier molecular flexibility index (Phi) is 3.35. The molecule has 1 aromatic carbocycles. The zero-order valence-corrected chi connectivity index (χ0v) is 12.7. The molecule has 0 aliphatic carbocycles. The third kappa shape index (κ3) is 2.25. The van der Waals surface area contributed by atoms with Gasteiger partial charge in [0.2, 0.25) is 0 Å². The molecule has 20 heavy (non-hydrogen) atoms. The van der Waals surface area contributed by atoms with Crippen molar-refractivity contribution in [1.82, 2.24) is 0 Å². The van der Waals surface area contributed by atoms with E-state index < -0.39 is 5.97 Å². The average Bonchev–Trinajstić information content (AvgIpc) is 3.03. The molecular weight excluding hydrogens is 342 g/mol. The van der Waals surface area contributed by atoms with E-state index in [0.717, 1.165) is 15.0 Å². The van der Waals surface area contributed by atoms with Crippen molar-refractivity contribution in [3.63, 3.8) is 0 Å². The summed E-state index contributed by atoms with van der Waals surface area (Å²) < 4.78 is 0.918. The largest absolute Gasteiger partial charge is 0.478 e. The normalized spacial score (nSPS) is 13.3. The predicted octanol–water partition coefficient (Wildman–Crippen LogP) is 3.41. The van der Waals surface area contributed by atoms with Crippen LogP contribution in [-0.2, 0) is 6.42 Å². The number of carbonyl (C=O) groups is 2. The van der Waals surface area contributed by atoms with E-state index in [1.54, 1.807) is 23.1 Å². The highest BCUT2D eigenvalue weighted by Crippen LogP contribution is 2.32. The second-order valence-electron chi connectivity index (χ2n) is 4.46. The second-order valence-corrected chi connectivity index (χ2v) is 6.92. The number of fused-ring (bicyclic) bond motifs is 1. The van der Waals surface area contributed by atoms with Crippen molar-refractivity contribution in [2.24, 2.45) is 0 Å². The fourth-order valence-electron chi connectivity index (χ4n) is 2.31. The fraction of sp³-hybridized carbons (Fsp3) is 0.143. The second kappa shape index (κ2) is 5.03. The van der Waals surface area contributed by atoms with Gasteiger partial charge in [-0.05, 0) is 58.2 Å². The highest BCUT2D eigenvalue weighted by atomic mass is 79.9. The maximum atomic E-state index is 12.4. The van der Waals surface area contributed by atoms with Crippen LogP contribution in [0.1, 0.15) is 25.6 Å². The highest BCUT2D eigenvalue weighted by molar-refractivity contribution is 9.11. The van der Waals surface area contributed by atoms with Crippen LogP contribution in [0.4, 0.5) is 5.69 Å². The molecule has 6 heteroatoms. The van der Waals surface area contributed by atoms with Crippen LogP contribution < -0.4 is 4.90 Å². The topological polar surface area (TPSA) is 57.6 Å². The standard InChI is InChI=1S/C14H10BrNO3S/c15-12-4-3-11(20-12)13(17)16-6-5-8-7-9(14(18)19)1-2-10(8)16/h1-4,7H,5-6H2,(H,18,19). The Labute approximate surface area is 127 Å². The molecule has 0 atom stereocenters. The van der Waals surface area contributed by atoms with Gasteiger partial charge in [0.15, 0.2) is 0 Å². The maximum absolute atomic E-state index is 12.4. The van der Waals surface area contributed by atoms with Gasteiger partial charge in [0, 0.05) is 12.2 Å². The number of rotatable bonds is 2. The first kappa shape index (κ1) is 13.3. The van der Waals surface area contributed by atoms with Crippen molar-refractivity contribution in [3.8, 4) is 0 Å².